The zero-order valence-corrected chi connectivity index (χ0v) is 16.7. The topological polar surface area (TPSA) is 47.6 Å². The van der Waals surface area contributed by atoms with E-state index in [1.165, 1.54) is 0 Å². The minimum absolute atomic E-state index is 0.123. The fourth-order valence-corrected chi connectivity index (χ4v) is 3.11. The zero-order valence-electron chi connectivity index (χ0n) is 15.1. The summed E-state index contributed by atoms with van der Waals surface area (Å²) in [6.07, 6.45) is 0.123. The SMILES string of the molecule is CCOc1ccc(C(C)NC(=O)Cc2c(Cl)cccc2Cl)cc1OCC. The van der Waals surface area contributed by atoms with Crippen molar-refractivity contribution in [2.75, 3.05) is 13.2 Å². The van der Waals surface area contributed by atoms with Gasteiger partial charge in [0.05, 0.1) is 25.7 Å². The van der Waals surface area contributed by atoms with Crippen molar-refractivity contribution < 1.29 is 14.3 Å². The zero-order chi connectivity index (χ0) is 19.1. The molecule has 0 aliphatic heterocycles. The predicted octanol–water partition coefficient (Wildman–Crippen LogP) is 5.21. The molecule has 0 aliphatic carbocycles. The van der Waals surface area contributed by atoms with Crippen molar-refractivity contribution in [3.05, 3.63) is 57.6 Å². The van der Waals surface area contributed by atoms with E-state index in [1.54, 1.807) is 18.2 Å². The number of hydrogen-bond donors (Lipinski definition) is 1. The molecule has 0 bridgehead atoms. The molecule has 0 spiro atoms. The molecule has 0 saturated carbocycles. The van der Waals surface area contributed by atoms with Crippen molar-refractivity contribution in [2.24, 2.45) is 0 Å². The van der Waals surface area contributed by atoms with Gasteiger partial charge in [-0.05, 0) is 56.2 Å². The Morgan fingerprint density at radius 1 is 1.04 bits per heavy atom. The van der Waals surface area contributed by atoms with Gasteiger partial charge in [0.25, 0.3) is 0 Å². The molecule has 6 heteroatoms. The number of halogens is 2. The Labute approximate surface area is 164 Å². The molecule has 1 amide bonds. The molecule has 0 saturated heterocycles. The first-order valence-corrected chi connectivity index (χ1v) is 9.33. The third-order valence-corrected chi connectivity index (χ3v) is 4.55. The number of amides is 1. The van der Waals surface area contributed by atoms with Crippen LogP contribution >= 0.6 is 23.2 Å². The summed E-state index contributed by atoms with van der Waals surface area (Å²) in [5.41, 5.74) is 1.55. The number of carbonyl (C=O) groups excluding carboxylic acids is 1. The third-order valence-electron chi connectivity index (χ3n) is 3.84. The van der Waals surface area contributed by atoms with E-state index in [1.807, 2.05) is 39.0 Å². The summed E-state index contributed by atoms with van der Waals surface area (Å²) in [7, 11) is 0. The molecule has 0 aromatic heterocycles. The van der Waals surface area contributed by atoms with Gasteiger partial charge in [-0.3, -0.25) is 4.79 Å². The first-order valence-electron chi connectivity index (χ1n) is 8.58. The highest BCUT2D eigenvalue weighted by molar-refractivity contribution is 6.36. The summed E-state index contributed by atoms with van der Waals surface area (Å²) >= 11 is 12.3. The van der Waals surface area contributed by atoms with Crippen LogP contribution in [0.25, 0.3) is 0 Å². The summed E-state index contributed by atoms with van der Waals surface area (Å²) in [5, 5.41) is 3.94. The van der Waals surface area contributed by atoms with Gasteiger partial charge in [-0.1, -0.05) is 35.3 Å². The van der Waals surface area contributed by atoms with Gasteiger partial charge in [0.1, 0.15) is 0 Å². The van der Waals surface area contributed by atoms with Crippen molar-refractivity contribution in [3.8, 4) is 11.5 Å². The van der Waals surface area contributed by atoms with Crippen molar-refractivity contribution >= 4 is 29.1 Å². The van der Waals surface area contributed by atoms with Gasteiger partial charge in [0, 0.05) is 10.0 Å². The number of rotatable bonds is 8. The van der Waals surface area contributed by atoms with Gasteiger partial charge in [0.2, 0.25) is 5.91 Å². The lowest BCUT2D eigenvalue weighted by molar-refractivity contribution is -0.121. The normalized spacial score (nSPS) is 11.7. The second-order valence-electron chi connectivity index (χ2n) is 5.74. The molecule has 1 atom stereocenters. The first-order chi connectivity index (χ1) is 12.5. The monoisotopic (exact) mass is 395 g/mol. The van der Waals surface area contributed by atoms with E-state index < -0.39 is 0 Å². The maximum atomic E-state index is 12.4. The maximum Gasteiger partial charge on any atom is 0.225 e. The molecule has 2 aromatic rings. The van der Waals surface area contributed by atoms with Crippen molar-refractivity contribution in [2.45, 2.75) is 33.2 Å². The fourth-order valence-electron chi connectivity index (χ4n) is 2.57. The number of ether oxygens (including phenoxy) is 2. The minimum atomic E-state index is -0.196. The van der Waals surface area contributed by atoms with Crippen LogP contribution < -0.4 is 14.8 Å². The molecule has 2 rings (SSSR count). The summed E-state index contributed by atoms with van der Waals surface area (Å²) in [4.78, 5) is 12.4. The van der Waals surface area contributed by atoms with Crippen LogP contribution in [0, 0.1) is 0 Å². The number of carbonyl (C=O) groups is 1. The average Bonchev–Trinajstić information content (AvgIpc) is 2.60. The van der Waals surface area contributed by atoms with E-state index in [2.05, 4.69) is 5.32 Å². The molecule has 0 heterocycles. The second kappa shape index (κ2) is 9.70. The highest BCUT2D eigenvalue weighted by Gasteiger charge is 2.15. The van der Waals surface area contributed by atoms with Crippen molar-refractivity contribution in [3.63, 3.8) is 0 Å². The molecule has 2 aromatic carbocycles. The molecule has 0 aliphatic rings. The van der Waals surface area contributed by atoms with Crippen molar-refractivity contribution in [1.29, 1.82) is 0 Å². The first kappa shape index (κ1) is 20.4. The number of benzene rings is 2. The second-order valence-corrected chi connectivity index (χ2v) is 6.55. The molecule has 0 radical (unpaired) electrons. The lowest BCUT2D eigenvalue weighted by Gasteiger charge is -2.18. The Hall–Kier alpha value is -1.91. The van der Waals surface area contributed by atoms with Crippen LogP contribution in [-0.4, -0.2) is 19.1 Å². The van der Waals surface area contributed by atoms with Gasteiger partial charge < -0.3 is 14.8 Å². The summed E-state index contributed by atoms with van der Waals surface area (Å²) < 4.78 is 11.2. The van der Waals surface area contributed by atoms with Crippen LogP contribution in [0.1, 0.15) is 37.9 Å². The van der Waals surface area contributed by atoms with Crippen LogP contribution in [0.15, 0.2) is 36.4 Å². The van der Waals surface area contributed by atoms with Crippen LogP contribution in [0.4, 0.5) is 0 Å². The quantitative estimate of drug-likeness (QED) is 0.666. The van der Waals surface area contributed by atoms with E-state index >= 15 is 0 Å². The number of nitrogens with one attached hydrogen (secondary N) is 1. The minimum Gasteiger partial charge on any atom is -0.490 e. The Kier molecular flexibility index (Phi) is 7.61. The van der Waals surface area contributed by atoms with E-state index in [0.29, 0.717) is 40.3 Å². The largest absolute Gasteiger partial charge is 0.490 e. The van der Waals surface area contributed by atoms with Gasteiger partial charge in [0.15, 0.2) is 11.5 Å². The van der Waals surface area contributed by atoms with Crippen molar-refractivity contribution in [1.82, 2.24) is 5.32 Å². The third kappa shape index (κ3) is 5.29. The Bertz CT molecular complexity index is 744. The molecule has 1 N–H and O–H groups in total. The molecule has 4 nitrogen and oxygen atoms in total. The highest BCUT2D eigenvalue weighted by atomic mass is 35.5. The van der Waals surface area contributed by atoms with Gasteiger partial charge >= 0.3 is 0 Å². The number of hydrogen-bond acceptors (Lipinski definition) is 3. The molecule has 1 unspecified atom stereocenters. The standard InChI is InChI=1S/C20H23Cl2NO3/c1-4-25-18-10-9-14(11-19(18)26-5-2)13(3)23-20(24)12-15-16(21)7-6-8-17(15)22/h6-11,13H,4-5,12H2,1-3H3,(H,23,24). The van der Waals surface area contributed by atoms with Gasteiger partial charge in [-0.15, -0.1) is 0 Å². The van der Waals surface area contributed by atoms with Crippen LogP contribution in [-0.2, 0) is 11.2 Å². The van der Waals surface area contributed by atoms with E-state index in [0.717, 1.165) is 5.56 Å². The summed E-state index contributed by atoms with van der Waals surface area (Å²) in [6, 6.07) is 10.7. The average molecular weight is 396 g/mol. The Balaban J connectivity index is 2.10. The highest BCUT2D eigenvalue weighted by Crippen LogP contribution is 2.31. The Morgan fingerprint density at radius 3 is 2.27 bits per heavy atom. The lowest BCUT2D eigenvalue weighted by Crippen LogP contribution is -2.28. The molecular weight excluding hydrogens is 373 g/mol. The Morgan fingerprint density at radius 2 is 1.65 bits per heavy atom. The summed E-state index contributed by atoms with van der Waals surface area (Å²) in [5.74, 6) is 1.21. The van der Waals surface area contributed by atoms with Crippen LogP contribution in [0.2, 0.25) is 10.0 Å². The lowest BCUT2D eigenvalue weighted by atomic mass is 10.1. The molecule has 26 heavy (non-hydrogen) atoms. The van der Waals surface area contributed by atoms with E-state index in [9.17, 15) is 4.79 Å². The van der Waals surface area contributed by atoms with Crippen LogP contribution in [0.3, 0.4) is 0 Å². The smallest absolute Gasteiger partial charge is 0.225 e. The predicted molar refractivity (Wildman–Crippen MR) is 106 cm³/mol. The molecule has 0 fully saturated rings. The van der Waals surface area contributed by atoms with Gasteiger partial charge in [-0.25, -0.2) is 0 Å². The fraction of sp³-hybridized carbons (Fsp3) is 0.350. The summed E-state index contributed by atoms with van der Waals surface area (Å²) in [6.45, 7) is 6.85. The van der Waals surface area contributed by atoms with Gasteiger partial charge in [-0.2, -0.15) is 0 Å². The maximum absolute atomic E-state index is 12.4. The van der Waals surface area contributed by atoms with Crippen LogP contribution in [0.5, 0.6) is 11.5 Å². The molecule has 140 valence electrons. The van der Waals surface area contributed by atoms with E-state index in [-0.39, 0.29) is 18.4 Å². The van der Waals surface area contributed by atoms with E-state index in [4.69, 9.17) is 32.7 Å². The molecular formula is C20H23Cl2NO3.